The zero-order valence-electron chi connectivity index (χ0n) is 15.8. The molecule has 27 heavy (non-hydrogen) atoms. The lowest BCUT2D eigenvalue weighted by molar-refractivity contribution is -0.164. The van der Waals surface area contributed by atoms with Crippen LogP contribution in [0.5, 0.6) is 11.5 Å². The van der Waals surface area contributed by atoms with E-state index in [1.54, 1.807) is 25.1 Å². The molecule has 0 fully saturated rings. The molecule has 9 nitrogen and oxygen atoms in total. The highest BCUT2D eigenvalue weighted by atomic mass is 16.6. The van der Waals surface area contributed by atoms with Crippen molar-refractivity contribution in [2.75, 3.05) is 20.3 Å². The van der Waals surface area contributed by atoms with Gasteiger partial charge in [-0.15, -0.1) is 0 Å². The van der Waals surface area contributed by atoms with Crippen LogP contribution in [0.25, 0.3) is 0 Å². The number of rotatable bonds is 10. The van der Waals surface area contributed by atoms with Gasteiger partial charge in [0.1, 0.15) is 0 Å². The monoisotopic (exact) mass is 383 g/mol. The van der Waals surface area contributed by atoms with Crippen molar-refractivity contribution in [2.45, 2.75) is 39.3 Å². The number of nitrogens with one attached hydrogen (secondary N) is 1. The molecular weight excluding hydrogens is 358 g/mol. The van der Waals surface area contributed by atoms with Crippen LogP contribution in [-0.2, 0) is 25.5 Å². The number of carbonyl (C=O) groups excluding carboxylic acids is 2. The largest absolute Gasteiger partial charge is 0.493 e. The lowest BCUT2D eigenvalue weighted by Crippen LogP contribution is -2.50. The number of carboxylic acid groups (broad SMARTS) is 1. The Bertz CT molecular complexity index is 661. The van der Waals surface area contributed by atoms with Crippen LogP contribution in [0.1, 0.15) is 26.3 Å². The first-order chi connectivity index (χ1) is 12.8. The van der Waals surface area contributed by atoms with E-state index in [0.29, 0.717) is 23.7 Å². The van der Waals surface area contributed by atoms with E-state index in [9.17, 15) is 19.5 Å². The van der Waals surface area contributed by atoms with Gasteiger partial charge < -0.3 is 29.4 Å². The molecular formula is C18H25NO8. The van der Waals surface area contributed by atoms with Crippen molar-refractivity contribution in [3.63, 3.8) is 0 Å². The molecule has 0 aromatic heterocycles. The third kappa shape index (κ3) is 7.04. The second kappa shape index (κ2) is 10.9. The van der Waals surface area contributed by atoms with E-state index < -0.39 is 30.2 Å². The van der Waals surface area contributed by atoms with Crippen LogP contribution < -0.4 is 14.8 Å². The fourth-order valence-electron chi connectivity index (χ4n) is 2.41. The Labute approximate surface area is 157 Å². The Balaban J connectivity index is 3.14. The quantitative estimate of drug-likeness (QED) is 0.587. The molecule has 0 saturated carbocycles. The summed E-state index contributed by atoms with van der Waals surface area (Å²) in [6.07, 6.45) is -2.32. The minimum atomic E-state index is -1.58. The Morgan fingerprint density at radius 2 is 1.85 bits per heavy atom. The van der Waals surface area contributed by atoms with Gasteiger partial charge in [0.25, 0.3) is 0 Å². The number of hydrogen-bond acceptors (Lipinski definition) is 7. The first-order valence-electron chi connectivity index (χ1n) is 8.45. The van der Waals surface area contributed by atoms with Gasteiger partial charge in [0.15, 0.2) is 11.5 Å². The van der Waals surface area contributed by atoms with E-state index in [1.165, 1.54) is 7.11 Å². The Hall–Kier alpha value is -2.97. The molecule has 2 N–H and O–H groups in total. The molecule has 2 atom stereocenters. The van der Waals surface area contributed by atoms with Crippen LogP contribution in [0.3, 0.4) is 0 Å². The van der Waals surface area contributed by atoms with Crippen molar-refractivity contribution in [2.24, 2.45) is 0 Å². The minimum Gasteiger partial charge on any atom is -0.493 e. The second-order valence-corrected chi connectivity index (χ2v) is 5.46. The van der Waals surface area contributed by atoms with Gasteiger partial charge in [-0.25, -0.2) is 9.59 Å². The number of alkyl carbamates (subject to hydrolysis) is 1. The van der Waals surface area contributed by atoms with E-state index in [0.717, 1.165) is 6.92 Å². The van der Waals surface area contributed by atoms with Gasteiger partial charge in [0, 0.05) is 6.92 Å². The average Bonchev–Trinajstić information content (AvgIpc) is 2.59. The average molecular weight is 383 g/mol. The number of hydrogen-bond donors (Lipinski definition) is 2. The van der Waals surface area contributed by atoms with Gasteiger partial charge in [-0.1, -0.05) is 6.07 Å². The molecule has 0 spiro atoms. The van der Waals surface area contributed by atoms with Crippen LogP contribution in [0.15, 0.2) is 18.2 Å². The predicted molar refractivity (Wildman–Crippen MR) is 95.0 cm³/mol. The number of benzene rings is 1. The summed E-state index contributed by atoms with van der Waals surface area (Å²) in [6.45, 7) is 5.06. The first-order valence-corrected chi connectivity index (χ1v) is 8.45. The Morgan fingerprint density at radius 3 is 2.37 bits per heavy atom. The van der Waals surface area contributed by atoms with Crippen LogP contribution in [0.4, 0.5) is 4.79 Å². The summed E-state index contributed by atoms with van der Waals surface area (Å²) in [5, 5.41) is 11.9. The van der Waals surface area contributed by atoms with Crippen molar-refractivity contribution in [3.05, 3.63) is 23.8 Å². The highest BCUT2D eigenvalue weighted by Crippen LogP contribution is 2.28. The number of amides is 1. The summed E-state index contributed by atoms with van der Waals surface area (Å²) >= 11 is 0. The lowest BCUT2D eigenvalue weighted by atomic mass is 10.0. The molecule has 0 aliphatic heterocycles. The number of carbonyl (C=O) groups is 3. The van der Waals surface area contributed by atoms with Crippen molar-refractivity contribution < 1.29 is 38.4 Å². The minimum absolute atomic E-state index is 0.0626. The van der Waals surface area contributed by atoms with Gasteiger partial charge in [-0.3, -0.25) is 4.79 Å². The molecule has 0 aliphatic rings. The van der Waals surface area contributed by atoms with E-state index in [2.05, 4.69) is 5.32 Å². The van der Waals surface area contributed by atoms with Crippen molar-refractivity contribution in [1.82, 2.24) is 5.32 Å². The van der Waals surface area contributed by atoms with E-state index >= 15 is 0 Å². The normalized spacial score (nSPS) is 12.4. The maximum absolute atomic E-state index is 11.8. The molecule has 0 bridgehead atoms. The van der Waals surface area contributed by atoms with E-state index in [1.807, 2.05) is 6.92 Å². The third-order valence-electron chi connectivity index (χ3n) is 3.46. The summed E-state index contributed by atoms with van der Waals surface area (Å²) in [6, 6.07) is 4.00. The number of ether oxygens (including phenoxy) is 4. The maximum Gasteiger partial charge on any atom is 0.407 e. The molecule has 1 aromatic rings. The van der Waals surface area contributed by atoms with E-state index in [-0.39, 0.29) is 13.0 Å². The molecule has 9 heteroatoms. The molecule has 0 radical (unpaired) electrons. The fraction of sp³-hybridized carbons (Fsp3) is 0.500. The van der Waals surface area contributed by atoms with Gasteiger partial charge >= 0.3 is 18.0 Å². The van der Waals surface area contributed by atoms with Gasteiger partial charge in [0.05, 0.1) is 26.4 Å². The van der Waals surface area contributed by atoms with Gasteiger partial charge in [0.2, 0.25) is 6.10 Å². The van der Waals surface area contributed by atoms with Gasteiger partial charge in [-0.05, 0) is 38.0 Å². The number of aliphatic carboxylic acids is 1. The highest BCUT2D eigenvalue weighted by Gasteiger charge is 2.33. The van der Waals surface area contributed by atoms with Crippen LogP contribution >= 0.6 is 0 Å². The molecule has 1 aromatic carbocycles. The predicted octanol–water partition coefficient (Wildman–Crippen LogP) is 1.77. The fourth-order valence-corrected chi connectivity index (χ4v) is 2.41. The maximum atomic E-state index is 11.8. The molecule has 0 heterocycles. The SMILES string of the molecule is CCOC(=O)NC(Cc1ccc(OC)c(OCC)c1)C(OC(C)=O)C(=O)O. The summed E-state index contributed by atoms with van der Waals surface area (Å²) in [4.78, 5) is 34.7. The highest BCUT2D eigenvalue weighted by molar-refractivity contribution is 5.79. The smallest absolute Gasteiger partial charge is 0.407 e. The summed E-state index contributed by atoms with van der Waals surface area (Å²) < 4.78 is 20.4. The summed E-state index contributed by atoms with van der Waals surface area (Å²) in [7, 11) is 1.50. The van der Waals surface area contributed by atoms with Crippen molar-refractivity contribution in [1.29, 1.82) is 0 Å². The van der Waals surface area contributed by atoms with Crippen LogP contribution in [-0.4, -0.2) is 55.6 Å². The zero-order valence-corrected chi connectivity index (χ0v) is 15.8. The number of methoxy groups -OCH3 is 1. The molecule has 0 aliphatic carbocycles. The molecule has 0 saturated heterocycles. The molecule has 1 amide bonds. The second-order valence-electron chi connectivity index (χ2n) is 5.46. The molecule has 150 valence electrons. The van der Waals surface area contributed by atoms with Gasteiger partial charge in [-0.2, -0.15) is 0 Å². The van der Waals surface area contributed by atoms with E-state index in [4.69, 9.17) is 18.9 Å². The first kappa shape index (κ1) is 22.1. The third-order valence-corrected chi connectivity index (χ3v) is 3.46. The molecule has 2 unspecified atom stereocenters. The van der Waals surface area contributed by atoms with Crippen molar-refractivity contribution >= 4 is 18.0 Å². The zero-order chi connectivity index (χ0) is 20.4. The molecule has 1 rings (SSSR count). The standard InChI is InChI=1S/C18H25NO8/c1-5-25-15-10-12(7-8-14(15)24-4)9-13(19-18(23)26-6-2)16(17(21)22)27-11(3)20/h7-8,10,13,16H,5-6,9H2,1-4H3,(H,19,23)(H,21,22). The summed E-state index contributed by atoms with van der Waals surface area (Å²) in [5.41, 5.74) is 0.652. The van der Waals surface area contributed by atoms with Crippen LogP contribution in [0.2, 0.25) is 0 Å². The van der Waals surface area contributed by atoms with Crippen LogP contribution in [0, 0.1) is 0 Å². The Morgan fingerprint density at radius 1 is 1.15 bits per heavy atom. The van der Waals surface area contributed by atoms with Crippen molar-refractivity contribution in [3.8, 4) is 11.5 Å². The summed E-state index contributed by atoms with van der Waals surface area (Å²) in [5.74, 6) is -1.16. The Kier molecular flexibility index (Phi) is 8.91. The topological polar surface area (TPSA) is 120 Å². The number of carboxylic acids is 1. The lowest BCUT2D eigenvalue weighted by Gasteiger charge is -2.24. The number of esters is 1.